The molecule has 1 rings (SSSR count). The van der Waals surface area contributed by atoms with Gasteiger partial charge >= 0.3 is 11.9 Å². The maximum Gasteiger partial charge on any atom is 0.326 e. The quantitative estimate of drug-likeness (QED) is 0.478. The molecule has 0 heterocycles. The summed E-state index contributed by atoms with van der Waals surface area (Å²) in [6.07, 6.45) is 4.48. The number of nitrogens with two attached hydrogens (primary N) is 2. The minimum Gasteiger partial charge on any atom is -0.465 e. The van der Waals surface area contributed by atoms with Gasteiger partial charge in [0, 0.05) is 5.92 Å². The number of ether oxygens (including phenoxy) is 2. The first-order valence-electron chi connectivity index (χ1n) is 9.90. The Morgan fingerprint density at radius 1 is 0.962 bits per heavy atom. The van der Waals surface area contributed by atoms with Gasteiger partial charge in [0.05, 0.1) is 18.6 Å². The Labute approximate surface area is 158 Å². The van der Waals surface area contributed by atoms with Gasteiger partial charge in [-0.3, -0.25) is 9.59 Å². The summed E-state index contributed by atoms with van der Waals surface area (Å²) in [7, 11) is 0. The van der Waals surface area contributed by atoms with Crippen LogP contribution in [0.3, 0.4) is 0 Å². The van der Waals surface area contributed by atoms with E-state index >= 15 is 0 Å². The third-order valence-electron chi connectivity index (χ3n) is 5.55. The topological polar surface area (TPSA) is 105 Å². The highest BCUT2D eigenvalue weighted by atomic mass is 16.5. The molecule has 3 unspecified atom stereocenters. The van der Waals surface area contributed by atoms with Crippen LogP contribution in [0, 0.1) is 16.7 Å². The molecule has 1 aliphatic rings. The SMILES string of the molecule is CCCCOC(=O)C1(C)CC(C)(C)CC(N)(C(=O)OCCCC)C1CN. The molecule has 1 saturated carbocycles. The van der Waals surface area contributed by atoms with Gasteiger partial charge < -0.3 is 20.9 Å². The van der Waals surface area contributed by atoms with Gasteiger partial charge in [0.25, 0.3) is 0 Å². The summed E-state index contributed by atoms with van der Waals surface area (Å²) < 4.78 is 11.0. The number of hydrogen-bond donors (Lipinski definition) is 2. The molecule has 6 heteroatoms. The summed E-state index contributed by atoms with van der Waals surface area (Å²) in [5.74, 6) is -1.29. The maximum atomic E-state index is 12.9. The fourth-order valence-corrected chi connectivity index (χ4v) is 4.48. The molecule has 1 aliphatic carbocycles. The van der Waals surface area contributed by atoms with Crippen LogP contribution in [0.15, 0.2) is 0 Å². The van der Waals surface area contributed by atoms with Gasteiger partial charge in [0.2, 0.25) is 0 Å². The monoisotopic (exact) mass is 370 g/mol. The van der Waals surface area contributed by atoms with Crippen molar-refractivity contribution in [1.82, 2.24) is 0 Å². The molecule has 0 saturated heterocycles. The van der Waals surface area contributed by atoms with E-state index < -0.39 is 22.8 Å². The van der Waals surface area contributed by atoms with Crippen molar-refractivity contribution in [2.75, 3.05) is 19.8 Å². The molecule has 152 valence electrons. The fourth-order valence-electron chi connectivity index (χ4n) is 4.48. The molecule has 0 aromatic heterocycles. The zero-order valence-electron chi connectivity index (χ0n) is 17.2. The van der Waals surface area contributed by atoms with E-state index in [2.05, 4.69) is 0 Å². The molecular weight excluding hydrogens is 332 g/mol. The molecular formula is C20H38N2O4. The van der Waals surface area contributed by atoms with Gasteiger partial charge in [-0.15, -0.1) is 0 Å². The molecule has 0 aliphatic heterocycles. The van der Waals surface area contributed by atoms with Crippen molar-refractivity contribution in [3.05, 3.63) is 0 Å². The Kier molecular flexibility index (Phi) is 8.08. The first-order valence-corrected chi connectivity index (χ1v) is 9.90. The van der Waals surface area contributed by atoms with E-state index in [1.54, 1.807) is 0 Å². The first-order chi connectivity index (χ1) is 12.1. The second-order valence-electron chi connectivity index (χ2n) is 8.74. The zero-order chi connectivity index (χ0) is 20.0. The number of rotatable bonds is 9. The third kappa shape index (κ3) is 4.97. The summed E-state index contributed by atoms with van der Waals surface area (Å²) in [5.41, 5.74) is 10.1. The van der Waals surface area contributed by atoms with Gasteiger partial charge in [-0.2, -0.15) is 0 Å². The average Bonchev–Trinajstić information content (AvgIpc) is 2.53. The van der Waals surface area contributed by atoms with Gasteiger partial charge in [0.1, 0.15) is 5.54 Å². The third-order valence-corrected chi connectivity index (χ3v) is 5.55. The van der Waals surface area contributed by atoms with Crippen molar-refractivity contribution in [2.24, 2.45) is 28.2 Å². The average molecular weight is 371 g/mol. The van der Waals surface area contributed by atoms with Gasteiger partial charge in [-0.05, 0) is 44.6 Å². The second kappa shape index (κ2) is 9.18. The predicted octanol–water partition coefficient (Wildman–Crippen LogP) is 2.77. The normalized spacial score (nSPS) is 30.7. The second-order valence-corrected chi connectivity index (χ2v) is 8.74. The number of carbonyl (C=O) groups excluding carboxylic acids is 2. The van der Waals surface area contributed by atoms with Crippen molar-refractivity contribution in [3.63, 3.8) is 0 Å². The fraction of sp³-hybridized carbons (Fsp3) is 0.900. The molecule has 6 nitrogen and oxygen atoms in total. The number of hydrogen-bond acceptors (Lipinski definition) is 6. The van der Waals surface area contributed by atoms with E-state index in [-0.39, 0.29) is 17.9 Å². The summed E-state index contributed by atoms with van der Waals surface area (Å²) >= 11 is 0. The zero-order valence-corrected chi connectivity index (χ0v) is 17.2. The predicted molar refractivity (Wildman–Crippen MR) is 102 cm³/mol. The van der Waals surface area contributed by atoms with E-state index in [0.717, 1.165) is 25.7 Å². The van der Waals surface area contributed by atoms with Gasteiger partial charge in [-0.25, -0.2) is 0 Å². The smallest absolute Gasteiger partial charge is 0.326 e. The van der Waals surface area contributed by atoms with Crippen LogP contribution in [0.4, 0.5) is 0 Å². The van der Waals surface area contributed by atoms with E-state index in [1.165, 1.54) is 0 Å². The standard InChI is InChI=1S/C20H38N2O4/c1-6-8-10-25-16(23)19(5)13-18(3,4)14-20(22,15(19)12-21)17(24)26-11-9-7-2/h15H,6-14,21-22H2,1-5H3. The molecule has 26 heavy (non-hydrogen) atoms. The van der Waals surface area contributed by atoms with Gasteiger partial charge in [-0.1, -0.05) is 40.5 Å². The summed E-state index contributed by atoms with van der Waals surface area (Å²) in [4.78, 5) is 25.8. The molecule has 0 radical (unpaired) electrons. The summed E-state index contributed by atoms with van der Waals surface area (Å²) in [5, 5.41) is 0. The van der Waals surface area contributed by atoms with Crippen LogP contribution in [0.5, 0.6) is 0 Å². The Morgan fingerprint density at radius 3 is 1.92 bits per heavy atom. The van der Waals surface area contributed by atoms with E-state index in [1.807, 2.05) is 34.6 Å². The van der Waals surface area contributed by atoms with Crippen LogP contribution in [0.2, 0.25) is 0 Å². The summed E-state index contributed by atoms with van der Waals surface area (Å²) in [6.45, 7) is 10.8. The van der Waals surface area contributed by atoms with Crippen molar-refractivity contribution in [1.29, 1.82) is 0 Å². The van der Waals surface area contributed by atoms with Crippen molar-refractivity contribution in [3.8, 4) is 0 Å². The Hall–Kier alpha value is -1.14. The Morgan fingerprint density at radius 2 is 1.46 bits per heavy atom. The number of esters is 2. The summed E-state index contributed by atoms with van der Waals surface area (Å²) in [6, 6.07) is 0. The van der Waals surface area contributed by atoms with Crippen molar-refractivity contribution < 1.29 is 19.1 Å². The highest BCUT2D eigenvalue weighted by molar-refractivity contribution is 5.85. The van der Waals surface area contributed by atoms with Gasteiger partial charge in [0.15, 0.2) is 0 Å². The Balaban J connectivity index is 3.14. The van der Waals surface area contributed by atoms with Crippen LogP contribution in [-0.4, -0.2) is 37.2 Å². The number of carbonyl (C=O) groups is 2. The lowest BCUT2D eigenvalue weighted by Gasteiger charge is -2.54. The van der Waals surface area contributed by atoms with Crippen LogP contribution in [-0.2, 0) is 19.1 Å². The van der Waals surface area contributed by atoms with E-state index in [0.29, 0.717) is 26.1 Å². The number of unbranched alkanes of at least 4 members (excludes halogenated alkanes) is 2. The maximum absolute atomic E-state index is 12.9. The van der Waals surface area contributed by atoms with E-state index in [4.69, 9.17) is 20.9 Å². The lowest BCUT2D eigenvalue weighted by atomic mass is 9.52. The van der Waals surface area contributed by atoms with Crippen molar-refractivity contribution >= 4 is 11.9 Å². The molecule has 4 N–H and O–H groups in total. The lowest BCUT2D eigenvalue weighted by Crippen LogP contribution is -2.68. The van der Waals surface area contributed by atoms with E-state index in [9.17, 15) is 9.59 Å². The van der Waals surface area contributed by atoms with Crippen LogP contribution >= 0.6 is 0 Å². The highest BCUT2D eigenvalue weighted by Crippen LogP contribution is 2.53. The Bertz CT molecular complexity index is 454. The first kappa shape index (κ1) is 22.9. The molecule has 0 amide bonds. The minimum absolute atomic E-state index is 0.134. The van der Waals surface area contributed by atoms with Crippen molar-refractivity contribution in [2.45, 2.75) is 78.7 Å². The largest absolute Gasteiger partial charge is 0.465 e. The molecule has 0 aromatic rings. The van der Waals surface area contributed by atoms with Crippen LogP contribution in [0.25, 0.3) is 0 Å². The minimum atomic E-state index is -1.29. The highest BCUT2D eigenvalue weighted by Gasteiger charge is 2.62. The molecule has 0 bridgehead atoms. The molecule has 0 spiro atoms. The molecule has 1 fully saturated rings. The molecule has 3 atom stereocenters. The molecule has 0 aromatic carbocycles. The van der Waals surface area contributed by atoms with Crippen LogP contribution in [0.1, 0.15) is 73.1 Å². The lowest BCUT2D eigenvalue weighted by molar-refractivity contribution is -0.177. The van der Waals surface area contributed by atoms with Crippen LogP contribution < -0.4 is 11.5 Å².